The Labute approximate surface area is 153 Å². The van der Waals surface area contributed by atoms with Gasteiger partial charge in [-0.3, -0.25) is 9.59 Å². The van der Waals surface area contributed by atoms with Gasteiger partial charge in [-0.05, 0) is 18.9 Å². The minimum absolute atomic E-state index is 0.0191. The van der Waals surface area contributed by atoms with Gasteiger partial charge in [0.15, 0.2) is 0 Å². The molecule has 1 atom stereocenters. The number of hydrogen-bond acceptors (Lipinski definition) is 4. The van der Waals surface area contributed by atoms with Crippen LogP contribution < -0.4 is 0 Å². The van der Waals surface area contributed by atoms with Gasteiger partial charge in [-0.2, -0.15) is 0 Å². The lowest BCUT2D eigenvalue weighted by Gasteiger charge is -2.31. The molecule has 0 saturated carbocycles. The molecule has 0 N–H and O–H groups in total. The quantitative estimate of drug-likeness (QED) is 0.827. The Hall–Kier alpha value is -2.63. The van der Waals surface area contributed by atoms with Crippen LogP contribution in [0.4, 0.5) is 0 Å². The molecule has 2 amide bonds. The molecule has 1 aliphatic heterocycles. The van der Waals surface area contributed by atoms with Crippen LogP contribution in [-0.4, -0.2) is 45.9 Å². The standard InChI is InChI=1S/C20H25N3O3/c1-3-17-14-22(20(25)12-18-11-15(2)21-26-18)10-9-19(24)23(17)13-16-7-5-4-6-8-16/h4-8,11,17H,3,9-10,12-14H2,1-2H3. The topological polar surface area (TPSA) is 66.7 Å². The van der Waals surface area contributed by atoms with Crippen molar-refractivity contribution in [1.82, 2.24) is 15.0 Å². The van der Waals surface area contributed by atoms with Gasteiger partial charge in [0.05, 0.1) is 12.1 Å². The van der Waals surface area contributed by atoms with E-state index in [-0.39, 0.29) is 24.3 Å². The highest BCUT2D eigenvalue weighted by Crippen LogP contribution is 2.18. The maximum atomic E-state index is 12.7. The second-order valence-electron chi connectivity index (χ2n) is 6.77. The first-order valence-electron chi connectivity index (χ1n) is 9.10. The van der Waals surface area contributed by atoms with E-state index in [9.17, 15) is 9.59 Å². The van der Waals surface area contributed by atoms with Crippen molar-refractivity contribution >= 4 is 11.8 Å². The summed E-state index contributed by atoms with van der Waals surface area (Å²) in [6, 6.07) is 11.8. The molecule has 1 unspecified atom stereocenters. The van der Waals surface area contributed by atoms with Crippen LogP contribution in [0.25, 0.3) is 0 Å². The summed E-state index contributed by atoms with van der Waals surface area (Å²) in [6.45, 7) is 5.48. The smallest absolute Gasteiger partial charge is 0.230 e. The van der Waals surface area contributed by atoms with Crippen LogP contribution in [0.2, 0.25) is 0 Å². The molecule has 1 saturated heterocycles. The van der Waals surface area contributed by atoms with Crippen LogP contribution in [0.15, 0.2) is 40.9 Å². The molecule has 138 valence electrons. The molecule has 2 heterocycles. The lowest BCUT2D eigenvalue weighted by molar-refractivity contribution is -0.133. The Bertz CT molecular complexity index is 757. The van der Waals surface area contributed by atoms with Crippen LogP contribution in [0.3, 0.4) is 0 Å². The first kappa shape index (κ1) is 18.2. The van der Waals surface area contributed by atoms with E-state index in [1.807, 2.05) is 42.2 Å². The van der Waals surface area contributed by atoms with Crippen molar-refractivity contribution in [3.05, 3.63) is 53.4 Å². The SMILES string of the molecule is CCC1CN(C(=O)Cc2cc(C)no2)CCC(=O)N1Cc1ccccc1. The minimum Gasteiger partial charge on any atom is -0.361 e. The highest BCUT2D eigenvalue weighted by atomic mass is 16.5. The number of hydrogen-bond donors (Lipinski definition) is 0. The normalized spacial score (nSPS) is 18.1. The van der Waals surface area contributed by atoms with Crippen LogP contribution in [0.1, 0.15) is 36.8 Å². The first-order valence-corrected chi connectivity index (χ1v) is 9.10. The van der Waals surface area contributed by atoms with E-state index in [0.29, 0.717) is 31.8 Å². The number of amides is 2. The van der Waals surface area contributed by atoms with Crippen molar-refractivity contribution in [2.24, 2.45) is 0 Å². The number of benzene rings is 1. The zero-order valence-corrected chi connectivity index (χ0v) is 15.4. The van der Waals surface area contributed by atoms with Gasteiger partial charge in [0.1, 0.15) is 5.76 Å². The number of carbonyl (C=O) groups excluding carboxylic acids is 2. The van der Waals surface area contributed by atoms with Crippen molar-refractivity contribution in [2.75, 3.05) is 13.1 Å². The Balaban J connectivity index is 1.70. The van der Waals surface area contributed by atoms with Gasteiger partial charge >= 0.3 is 0 Å². The fourth-order valence-corrected chi connectivity index (χ4v) is 3.36. The van der Waals surface area contributed by atoms with Crippen LogP contribution in [0, 0.1) is 6.92 Å². The molecule has 3 rings (SSSR count). The van der Waals surface area contributed by atoms with Gasteiger partial charge in [-0.1, -0.05) is 42.4 Å². The summed E-state index contributed by atoms with van der Waals surface area (Å²) in [5.41, 5.74) is 1.87. The summed E-state index contributed by atoms with van der Waals surface area (Å²) in [7, 11) is 0. The highest BCUT2D eigenvalue weighted by Gasteiger charge is 2.30. The van der Waals surface area contributed by atoms with Crippen molar-refractivity contribution in [2.45, 2.75) is 45.7 Å². The van der Waals surface area contributed by atoms with Gasteiger partial charge in [0.25, 0.3) is 0 Å². The van der Waals surface area contributed by atoms with E-state index in [1.54, 1.807) is 11.0 Å². The average molecular weight is 355 g/mol. The summed E-state index contributed by atoms with van der Waals surface area (Å²) in [4.78, 5) is 29.1. The van der Waals surface area contributed by atoms with E-state index in [0.717, 1.165) is 17.7 Å². The predicted molar refractivity (Wildman–Crippen MR) is 97.2 cm³/mol. The van der Waals surface area contributed by atoms with Crippen molar-refractivity contribution in [1.29, 1.82) is 0 Å². The number of rotatable bonds is 5. The van der Waals surface area contributed by atoms with E-state index in [4.69, 9.17) is 4.52 Å². The molecule has 0 radical (unpaired) electrons. The van der Waals surface area contributed by atoms with Crippen molar-refractivity contribution in [3.63, 3.8) is 0 Å². The summed E-state index contributed by atoms with van der Waals surface area (Å²) in [5, 5.41) is 3.83. The Morgan fingerprint density at radius 3 is 2.73 bits per heavy atom. The monoisotopic (exact) mass is 355 g/mol. The van der Waals surface area contributed by atoms with Gasteiger partial charge in [0.2, 0.25) is 11.8 Å². The fraction of sp³-hybridized carbons (Fsp3) is 0.450. The Morgan fingerprint density at radius 2 is 2.08 bits per heavy atom. The van der Waals surface area contributed by atoms with Crippen molar-refractivity contribution in [3.8, 4) is 0 Å². The van der Waals surface area contributed by atoms with E-state index >= 15 is 0 Å². The number of carbonyl (C=O) groups is 2. The van der Waals surface area contributed by atoms with Gasteiger partial charge < -0.3 is 14.3 Å². The minimum atomic E-state index is -0.0195. The third-order valence-corrected chi connectivity index (χ3v) is 4.81. The van der Waals surface area contributed by atoms with Crippen LogP contribution >= 0.6 is 0 Å². The zero-order chi connectivity index (χ0) is 18.5. The Morgan fingerprint density at radius 1 is 1.31 bits per heavy atom. The number of nitrogens with zero attached hydrogens (tertiary/aromatic N) is 3. The molecular weight excluding hydrogens is 330 g/mol. The predicted octanol–water partition coefficient (Wildman–Crippen LogP) is 2.57. The second kappa shape index (κ2) is 8.17. The Kier molecular flexibility index (Phi) is 5.71. The van der Waals surface area contributed by atoms with Crippen molar-refractivity contribution < 1.29 is 14.1 Å². The van der Waals surface area contributed by atoms with Crippen LogP contribution in [0.5, 0.6) is 0 Å². The summed E-state index contributed by atoms with van der Waals surface area (Å²) in [5.74, 6) is 0.651. The van der Waals surface area contributed by atoms with Gasteiger partial charge in [0, 0.05) is 38.2 Å². The van der Waals surface area contributed by atoms with Gasteiger partial charge in [-0.15, -0.1) is 0 Å². The maximum Gasteiger partial charge on any atom is 0.230 e. The summed E-state index contributed by atoms with van der Waals surface area (Å²) in [6.07, 6.45) is 1.35. The number of aryl methyl sites for hydroxylation is 1. The first-order chi connectivity index (χ1) is 12.6. The fourth-order valence-electron chi connectivity index (χ4n) is 3.36. The lowest BCUT2D eigenvalue weighted by atomic mass is 10.1. The molecule has 6 nitrogen and oxygen atoms in total. The summed E-state index contributed by atoms with van der Waals surface area (Å²) >= 11 is 0. The van der Waals surface area contributed by atoms with Crippen LogP contribution in [-0.2, 0) is 22.6 Å². The molecule has 1 aromatic heterocycles. The lowest BCUT2D eigenvalue weighted by Crippen LogP contribution is -2.44. The molecule has 26 heavy (non-hydrogen) atoms. The van der Waals surface area contributed by atoms with E-state index < -0.39 is 0 Å². The molecule has 1 fully saturated rings. The third kappa shape index (κ3) is 4.31. The molecule has 0 bridgehead atoms. The molecule has 2 aromatic rings. The highest BCUT2D eigenvalue weighted by molar-refractivity contribution is 5.81. The van der Waals surface area contributed by atoms with Gasteiger partial charge in [-0.25, -0.2) is 0 Å². The zero-order valence-electron chi connectivity index (χ0n) is 15.4. The largest absolute Gasteiger partial charge is 0.361 e. The summed E-state index contributed by atoms with van der Waals surface area (Å²) < 4.78 is 5.16. The third-order valence-electron chi connectivity index (χ3n) is 4.81. The number of aromatic nitrogens is 1. The molecule has 1 aromatic carbocycles. The average Bonchev–Trinajstić information content (AvgIpc) is 2.98. The maximum absolute atomic E-state index is 12.7. The van der Waals surface area contributed by atoms with E-state index in [2.05, 4.69) is 12.1 Å². The molecule has 0 aliphatic carbocycles. The molecular formula is C20H25N3O3. The second-order valence-corrected chi connectivity index (χ2v) is 6.77. The molecule has 0 spiro atoms. The molecule has 1 aliphatic rings. The van der Waals surface area contributed by atoms with E-state index in [1.165, 1.54) is 0 Å². The molecule has 6 heteroatoms.